The maximum atomic E-state index is 12.7. The Balaban J connectivity index is 1.43. The molecule has 0 radical (unpaired) electrons. The van der Waals surface area contributed by atoms with E-state index in [1.165, 1.54) is 36.6 Å². The van der Waals surface area contributed by atoms with Crippen LogP contribution in [-0.2, 0) is 17.9 Å². The number of nitrogens with one attached hydrogen (secondary N) is 1. The number of carbonyl (C=O) groups excluding carboxylic acids is 1. The standard InChI is InChI=1S/C25H30ClN5OS/c1-19(21-12-6-7-13-22(21)26)27-24(32)18-33-25-29-28-23(17-30-14-8-3-9-15-30)31(25)16-20-10-4-2-5-11-20/h2,4-7,10-13,19H,3,8-9,14-18H2,1H3,(H,27,32). The lowest BCUT2D eigenvalue weighted by Crippen LogP contribution is -2.30. The van der Waals surface area contributed by atoms with Gasteiger partial charge in [0.1, 0.15) is 5.82 Å². The minimum Gasteiger partial charge on any atom is -0.349 e. The zero-order chi connectivity index (χ0) is 23.0. The van der Waals surface area contributed by atoms with E-state index in [-0.39, 0.29) is 17.7 Å². The Morgan fingerprint density at radius 2 is 1.76 bits per heavy atom. The Morgan fingerprint density at radius 1 is 1.03 bits per heavy atom. The van der Waals surface area contributed by atoms with Crippen LogP contribution < -0.4 is 5.32 Å². The predicted molar refractivity (Wildman–Crippen MR) is 133 cm³/mol. The highest BCUT2D eigenvalue weighted by molar-refractivity contribution is 7.99. The van der Waals surface area contributed by atoms with Gasteiger partial charge in [0.15, 0.2) is 5.16 Å². The fraction of sp³-hybridized carbons (Fsp3) is 0.400. The molecule has 1 aliphatic heterocycles. The van der Waals surface area contributed by atoms with Gasteiger partial charge in [-0.15, -0.1) is 10.2 Å². The van der Waals surface area contributed by atoms with Crippen molar-refractivity contribution in [2.24, 2.45) is 0 Å². The second kappa shape index (κ2) is 11.7. The number of halogens is 1. The number of benzene rings is 2. The molecule has 0 aliphatic carbocycles. The first kappa shape index (κ1) is 23.8. The molecule has 3 aromatic rings. The van der Waals surface area contributed by atoms with Crippen molar-refractivity contribution in [1.82, 2.24) is 25.0 Å². The largest absolute Gasteiger partial charge is 0.349 e. The second-order valence-corrected chi connectivity index (χ2v) is 9.76. The molecule has 1 N–H and O–H groups in total. The molecule has 6 nitrogen and oxygen atoms in total. The molecular weight excluding hydrogens is 454 g/mol. The molecule has 1 aliphatic rings. The van der Waals surface area contributed by atoms with Gasteiger partial charge >= 0.3 is 0 Å². The highest BCUT2D eigenvalue weighted by Gasteiger charge is 2.19. The van der Waals surface area contributed by atoms with Gasteiger partial charge in [0.05, 0.1) is 24.9 Å². The van der Waals surface area contributed by atoms with Gasteiger partial charge in [-0.05, 0) is 50.0 Å². The lowest BCUT2D eigenvalue weighted by molar-refractivity contribution is -0.119. The number of rotatable bonds is 9. The fourth-order valence-corrected chi connectivity index (χ4v) is 5.17. The van der Waals surface area contributed by atoms with Crippen molar-refractivity contribution < 1.29 is 4.79 Å². The number of carbonyl (C=O) groups is 1. The summed E-state index contributed by atoms with van der Waals surface area (Å²) in [5, 5.41) is 13.4. The molecule has 1 fully saturated rings. The highest BCUT2D eigenvalue weighted by atomic mass is 35.5. The zero-order valence-electron chi connectivity index (χ0n) is 18.9. The van der Waals surface area contributed by atoms with Crippen molar-refractivity contribution in [3.8, 4) is 0 Å². The van der Waals surface area contributed by atoms with Gasteiger partial charge in [0.2, 0.25) is 5.91 Å². The number of nitrogens with zero attached hydrogens (tertiary/aromatic N) is 4. The first-order chi connectivity index (χ1) is 16.1. The normalized spacial score (nSPS) is 15.3. The van der Waals surface area contributed by atoms with Crippen molar-refractivity contribution in [2.45, 2.75) is 50.5 Å². The summed E-state index contributed by atoms with van der Waals surface area (Å²) in [7, 11) is 0. The topological polar surface area (TPSA) is 63.1 Å². The van der Waals surface area contributed by atoms with Gasteiger partial charge in [0.25, 0.3) is 0 Å². The predicted octanol–water partition coefficient (Wildman–Crippen LogP) is 4.94. The molecule has 2 aromatic carbocycles. The highest BCUT2D eigenvalue weighted by Crippen LogP contribution is 2.24. The Labute approximate surface area is 204 Å². The van der Waals surface area contributed by atoms with E-state index >= 15 is 0 Å². The van der Waals surface area contributed by atoms with E-state index in [9.17, 15) is 4.79 Å². The summed E-state index contributed by atoms with van der Waals surface area (Å²) in [5.74, 6) is 1.16. The van der Waals surface area contributed by atoms with E-state index < -0.39 is 0 Å². The summed E-state index contributed by atoms with van der Waals surface area (Å²) < 4.78 is 2.15. The summed E-state index contributed by atoms with van der Waals surface area (Å²) >= 11 is 7.70. The van der Waals surface area contributed by atoms with E-state index in [1.807, 2.05) is 49.4 Å². The van der Waals surface area contributed by atoms with Gasteiger partial charge in [-0.25, -0.2) is 0 Å². The number of thioether (sulfide) groups is 1. The minimum absolute atomic E-state index is 0.0562. The van der Waals surface area contributed by atoms with Crippen LogP contribution in [0.2, 0.25) is 5.02 Å². The van der Waals surface area contributed by atoms with E-state index in [0.717, 1.165) is 36.2 Å². The molecular formula is C25H30ClN5OS. The lowest BCUT2D eigenvalue weighted by atomic mass is 10.1. The molecule has 4 rings (SSSR count). The summed E-state index contributed by atoms with van der Waals surface area (Å²) in [4.78, 5) is 15.1. The third kappa shape index (κ3) is 6.59. The van der Waals surface area contributed by atoms with E-state index in [1.54, 1.807) is 0 Å². The van der Waals surface area contributed by atoms with Crippen LogP contribution in [0.1, 0.15) is 49.2 Å². The van der Waals surface area contributed by atoms with Gasteiger partial charge in [-0.2, -0.15) is 0 Å². The number of piperidine rings is 1. The van der Waals surface area contributed by atoms with Crippen LogP contribution in [0.15, 0.2) is 59.8 Å². The molecule has 174 valence electrons. The van der Waals surface area contributed by atoms with E-state index in [0.29, 0.717) is 11.6 Å². The Hall–Kier alpha value is -2.35. The quantitative estimate of drug-likeness (QED) is 0.437. The van der Waals surface area contributed by atoms with Crippen LogP contribution in [0.5, 0.6) is 0 Å². The average molecular weight is 484 g/mol. The molecule has 2 heterocycles. The molecule has 1 aromatic heterocycles. The number of likely N-dealkylation sites (tertiary alicyclic amines) is 1. The molecule has 1 unspecified atom stereocenters. The Kier molecular flexibility index (Phi) is 8.42. The Bertz CT molecular complexity index is 1050. The van der Waals surface area contributed by atoms with Crippen LogP contribution >= 0.6 is 23.4 Å². The number of aromatic nitrogens is 3. The molecule has 1 atom stereocenters. The summed E-state index contributed by atoms with van der Waals surface area (Å²) in [6.07, 6.45) is 3.77. The maximum absolute atomic E-state index is 12.7. The van der Waals surface area contributed by atoms with Crippen LogP contribution in [0, 0.1) is 0 Å². The monoisotopic (exact) mass is 483 g/mol. The van der Waals surface area contributed by atoms with E-state index in [4.69, 9.17) is 11.6 Å². The van der Waals surface area contributed by atoms with Crippen LogP contribution in [0.25, 0.3) is 0 Å². The van der Waals surface area contributed by atoms with Gasteiger partial charge in [-0.1, -0.05) is 78.3 Å². The maximum Gasteiger partial charge on any atom is 0.230 e. The van der Waals surface area contributed by atoms with Gasteiger partial charge < -0.3 is 9.88 Å². The summed E-state index contributed by atoms with van der Waals surface area (Å²) in [6, 6.07) is 17.7. The van der Waals surface area contributed by atoms with E-state index in [2.05, 4.69) is 37.1 Å². The number of hydrogen-bond acceptors (Lipinski definition) is 5. The molecule has 0 saturated carbocycles. The molecule has 1 saturated heterocycles. The number of hydrogen-bond donors (Lipinski definition) is 1. The Morgan fingerprint density at radius 3 is 2.52 bits per heavy atom. The lowest BCUT2D eigenvalue weighted by Gasteiger charge is -2.26. The van der Waals surface area contributed by atoms with Crippen molar-refractivity contribution in [3.05, 3.63) is 76.6 Å². The molecule has 8 heteroatoms. The first-order valence-electron chi connectivity index (χ1n) is 11.4. The van der Waals surface area contributed by atoms with Gasteiger partial charge in [0, 0.05) is 5.02 Å². The molecule has 1 amide bonds. The molecule has 0 bridgehead atoms. The van der Waals surface area contributed by atoms with Crippen LogP contribution in [-0.4, -0.2) is 44.4 Å². The van der Waals surface area contributed by atoms with Gasteiger partial charge in [-0.3, -0.25) is 9.69 Å². The first-order valence-corrected chi connectivity index (χ1v) is 12.8. The minimum atomic E-state index is -0.163. The zero-order valence-corrected chi connectivity index (χ0v) is 20.5. The third-order valence-corrected chi connectivity index (χ3v) is 7.18. The van der Waals surface area contributed by atoms with Crippen LogP contribution in [0.3, 0.4) is 0 Å². The van der Waals surface area contributed by atoms with Crippen molar-refractivity contribution >= 4 is 29.3 Å². The van der Waals surface area contributed by atoms with Crippen molar-refractivity contribution in [3.63, 3.8) is 0 Å². The summed E-state index contributed by atoms with van der Waals surface area (Å²) in [6.45, 7) is 5.62. The smallest absolute Gasteiger partial charge is 0.230 e. The van der Waals surface area contributed by atoms with Crippen LogP contribution in [0.4, 0.5) is 0 Å². The molecule has 33 heavy (non-hydrogen) atoms. The van der Waals surface area contributed by atoms with Crippen molar-refractivity contribution in [2.75, 3.05) is 18.8 Å². The SMILES string of the molecule is CC(NC(=O)CSc1nnc(CN2CCCCC2)n1Cc1ccccc1)c1ccccc1Cl. The number of amides is 1. The average Bonchev–Trinajstić information content (AvgIpc) is 3.20. The summed E-state index contributed by atoms with van der Waals surface area (Å²) in [5.41, 5.74) is 2.10. The third-order valence-electron chi connectivity index (χ3n) is 5.87. The fourth-order valence-electron chi connectivity index (χ4n) is 4.10. The molecule has 0 spiro atoms. The van der Waals surface area contributed by atoms with Crippen molar-refractivity contribution in [1.29, 1.82) is 0 Å². The second-order valence-electron chi connectivity index (χ2n) is 8.41.